The van der Waals surface area contributed by atoms with Crippen molar-refractivity contribution in [3.63, 3.8) is 0 Å². The smallest absolute Gasteiger partial charge is 0.225 e. The molecule has 0 saturated heterocycles. The van der Waals surface area contributed by atoms with Crippen LogP contribution in [0.4, 0.5) is 8.78 Å². The van der Waals surface area contributed by atoms with Gasteiger partial charge in [0.25, 0.3) is 0 Å². The summed E-state index contributed by atoms with van der Waals surface area (Å²) in [6, 6.07) is 3.23. The van der Waals surface area contributed by atoms with Gasteiger partial charge >= 0.3 is 0 Å². The summed E-state index contributed by atoms with van der Waals surface area (Å²) in [4.78, 5) is 11.5. The Kier molecular flexibility index (Phi) is 5.71. The topological polar surface area (TPSA) is 49.3 Å². The molecule has 0 aliphatic carbocycles. The molecule has 0 saturated carbocycles. The second-order valence-electron chi connectivity index (χ2n) is 4.06. The first-order chi connectivity index (χ1) is 8.58. The quantitative estimate of drug-likeness (QED) is 0.814. The lowest BCUT2D eigenvalue weighted by Crippen LogP contribution is -2.33. The Bertz CT molecular complexity index is 406. The number of halogens is 2. The summed E-state index contributed by atoms with van der Waals surface area (Å²) in [5, 5.41) is 11.5. The highest BCUT2D eigenvalue weighted by molar-refractivity contribution is 5.78. The van der Waals surface area contributed by atoms with E-state index in [2.05, 4.69) is 5.32 Å². The highest BCUT2D eigenvalue weighted by atomic mass is 19.1. The van der Waals surface area contributed by atoms with Crippen molar-refractivity contribution in [2.75, 3.05) is 13.2 Å². The fourth-order valence-electron chi connectivity index (χ4n) is 1.60. The molecule has 1 unspecified atom stereocenters. The Morgan fingerprint density at radius 3 is 2.78 bits per heavy atom. The number of amides is 1. The molecule has 1 atom stereocenters. The molecule has 18 heavy (non-hydrogen) atoms. The number of hydrogen-bond donors (Lipinski definition) is 2. The molecule has 0 aromatic heterocycles. The summed E-state index contributed by atoms with van der Waals surface area (Å²) in [5.74, 6) is -1.70. The first-order valence-corrected chi connectivity index (χ1v) is 5.91. The predicted molar refractivity (Wildman–Crippen MR) is 63.9 cm³/mol. The van der Waals surface area contributed by atoms with Crippen molar-refractivity contribution >= 4 is 5.91 Å². The van der Waals surface area contributed by atoms with Crippen LogP contribution in [0.5, 0.6) is 0 Å². The first kappa shape index (κ1) is 14.6. The lowest BCUT2D eigenvalue weighted by Gasteiger charge is -2.12. The van der Waals surface area contributed by atoms with Gasteiger partial charge in [0.15, 0.2) is 0 Å². The van der Waals surface area contributed by atoms with Crippen LogP contribution in [0.15, 0.2) is 18.2 Å². The van der Waals surface area contributed by atoms with Crippen molar-refractivity contribution in [1.29, 1.82) is 0 Å². The Morgan fingerprint density at radius 1 is 1.44 bits per heavy atom. The molecule has 0 fully saturated rings. The largest absolute Gasteiger partial charge is 0.396 e. The number of benzene rings is 1. The molecule has 0 bridgehead atoms. The second kappa shape index (κ2) is 7.06. The van der Waals surface area contributed by atoms with E-state index >= 15 is 0 Å². The fraction of sp³-hybridized carbons (Fsp3) is 0.462. The molecule has 1 amide bonds. The lowest BCUT2D eigenvalue weighted by molar-refractivity contribution is -0.126. The molecule has 5 heteroatoms. The maximum atomic E-state index is 13.3. The molecule has 0 radical (unpaired) electrons. The Morgan fingerprint density at radius 2 is 2.17 bits per heavy atom. The minimum Gasteiger partial charge on any atom is -0.396 e. The van der Waals surface area contributed by atoms with E-state index in [0.29, 0.717) is 6.42 Å². The molecule has 100 valence electrons. The number of nitrogens with one attached hydrogen (secondary N) is 1. The summed E-state index contributed by atoms with van der Waals surface area (Å²) in [6.07, 6.45) is 0.758. The number of carbonyl (C=O) groups is 1. The van der Waals surface area contributed by atoms with Crippen LogP contribution < -0.4 is 5.32 Å². The van der Waals surface area contributed by atoms with E-state index in [1.165, 1.54) is 0 Å². The highest BCUT2D eigenvalue weighted by Gasteiger charge is 2.14. The third-order valence-corrected chi connectivity index (χ3v) is 2.79. The monoisotopic (exact) mass is 257 g/mol. The van der Waals surface area contributed by atoms with E-state index in [0.717, 1.165) is 18.2 Å². The summed E-state index contributed by atoms with van der Waals surface area (Å²) in [7, 11) is 0. The van der Waals surface area contributed by atoms with Crippen LogP contribution in [0.3, 0.4) is 0 Å². The van der Waals surface area contributed by atoms with Gasteiger partial charge in [-0.05, 0) is 36.6 Å². The first-order valence-electron chi connectivity index (χ1n) is 5.91. The summed E-state index contributed by atoms with van der Waals surface area (Å²) in [5.41, 5.74) is 0.229. The molecule has 0 spiro atoms. The third kappa shape index (κ3) is 4.07. The van der Waals surface area contributed by atoms with Gasteiger partial charge in [-0.3, -0.25) is 4.79 Å². The number of hydrogen-bond acceptors (Lipinski definition) is 2. The zero-order chi connectivity index (χ0) is 13.5. The van der Waals surface area contributed by atoms with Gasteiger partial charge in [0.2, 0.25) is 5.91 Å². The average molecular weight is 257 g/mol. The Hall–Kier alpha value is -1.49. The van der Waals surface area contributed by atoms with E-state index in [9.17, 15) is 13.6 Å². The summed E-state index contributed by atoms with van der Waals surface area (Å²) < 4.78 is 26.1. The van der Waals surface area contributed by atoms with Crippen molar-refractivity contribution in [3.05, 3.63) is 35.4 Å². The molecule has 1 aromatic carbocycles. The predicted octanol–water partition coefficient (Wildman–Crippen LogP) is 1.64. The van der Waals surface area contributed by atoms with Crippen LogP contribution in [-0.2, 0) is 11.2 Å². The Balaban J connectivity index is 2.46. The average Bonchev–Trinajstić information content (AvgIpc) is 2.35. The van der Waals surface area contributed by atoms with Crippen molar-refractivity contribution in [2.45, 2.75) is 19.8 Å². The third-order valence-electron chi connectivity index (χ3n) is 2.79. The zero-order valence-electron chi connectivity index (χ0n) is 10.2. The van der Waals surface area contributed by atoms with Crippen LogP contribution in [0.1, 0.15) is 18.9 Å². The van der Waals surface area contributed by atoms with Crippen LogP contribution >= 0.6 is 0 Å². The van der Waals surface area contributed by atoms with Crippen molar-refractivity contribution < 1.29 is 18.7 Å². The van der Waals surface area contributed by atoms with E-state index in [4.69, 9.17) is 5.11 Å². The molecule has 1 aromatic rings. The minimum atomic E-state index is -0.500. The highest BCUT2D eigenvalue weighted by Crippen LogP contribution is 2.10. The van der Waals surface area contributed by atoms with E-state index in [1.54, 1.807) is 6.92 Å². The Labute approximate surface area is 105 Å². The fourth-order valence-corrected chi connectivity index (χ4v) is 1.60. The van der Waals surface area contributed by atoms with Crippen LogP contribution in [-0.4, -0.2) is 24.2 Å². The van der Waals surface area contributed by atoms with Gasteiger partial charge in [0.05, 0.1) is 12.5 Å². The van der Waals surface area contributed by atoms with Gasteiger partial charge in [0.1, 0.15) is 11.6 Å². The second-order valence-corrected chi connectivity index (χ2v) is 4.06. The van der Waals surface area contributed by atoms with E-state index in [1.807, 2.05) is 0 Å². The molecular formula is C13H17F2NO2. The normalized spacial score (nSPS) is 12.2. The maximum Gasteiger partial charge on any atom is 0.225 e. The number of aliphatic hydroxyl groups is 1. The van der Waals surface area contributed by atoms with Gasteiger partial charge in [0, 0.05) is 6.54 Å². The SMILES string of the molecule is CCC(CO)C(=O)NCCc1cc(F)ccc1F. The number of aliphatic hydroxyl groups excluding tert-OH is 1. The van der Waals surface area contributed by atoms with Crippen LogP contribution in [0, 0.1) is 17.6 Å². The molecule has 1 rings (SSSR count). The molecule has 3 nitrogen and oxygen atoms in total. The van der Waals surface area contributed by atoms with Crippen LogP contribution in [0.2, 0.25) is 0 Å². The van der Waals surface area contributed by atoms with E-state index < -0.39 is 17.6 Å². The van der Waals surface area contributed by atoms with E-state index in [-0.39, 0.29) is 31.0 Å². The van der Waals surface area contributed by atoms with Crippen molar-refractivity contribution in [2.24, 2.45) is 5.92 Å². The van der Waals surface area contributed by atoms with Crippen molar-refractivity contribution in [1.82, 2.24) is 5.32 Å². The van der Waals surface area contributed by atoms with Gasteiger partial charge in [-0.25, -0.2) is 8.78 Å². The standard InChI is InChI=1S/C13H17F2NO2/c1-2-9(8-17)13(18)16-6-5-10-7-11(14)3-4-12(10)15/h3-4,7,9,17H,2,5-6,8H2,1H3,(H,16,18). The number of rotatable bonds is 6. The summed E-state index contributed by atoms with van der Waals surface area (Å²) >= 11 is 0. The van der Waals surface area contributed by atoms with Crippen molar-refractivity contribution in [3.8, 4) is 0 Å². The van der Waals surface area contributed by atoms with Gasteiger partial charge < -0.3 is 10.4 Å². The number of carbonyl (C=O) groups excluding carboxylic acids is 1. The summed E-state index contributed by atoms with van der Waals surface area (Å²) in [6.45, 7) is 1.80. The minimum absolute atomic E-state index is 0.212. The molecule has 0 aliphatic rings. The molecule has 0 aliphatic heterocycles. The zero-order valence-corrected chi connectivity index (χ0v) is 10.2. The molecular weight excluding hydrogens is 240 g/mol. The lowest BCUT2D eigenvalue weighted by atomic mass is 10.1. The van der Waals surface area contributed by atoms with Crippen LogP contribution in [0.25, 0.3) is 0 Å². The van der Waals surface area contributed by atoms with Gasteiger partial charge in [-0.1, -0.05) is 6.92 Å². The molecule has 2 N–H and O–H groups in total. The van der Waals surface area contributed by atoms with Gasteiger partial charge in [-0.15, -0.1) is 0 Å². The maximum absolute atomic E-state index is 13.3. The van der Waals surface area contributed by atoms with Gasteiger partial charge in [-0.2, -0.15) is 0 Å². The molecule has 0 heterocycles.